The number of rotatable bonds is 4. The van der Waals surface area contributed by atoms with Gasteiger partial charge in [0, 0.05) is 12.5 Å². The van der Waals surface area contributed by atoms with Crippen LogP contribution in [0, 0.1) is 0 Å². The van der Waals surface area contributed by atoms with Crippen LogP contribution >= 0.6 is 0 Å². The summed E-state index contributed by atoms with van der Waals surface area (Å²) in [4.78, 5) is 35.8. The first-order valence-electron chi connectivity index (χ1n) is 5.62. The summed E-state index contributed by atoms with van der Waals surface area (Å²) in [5.74, 6) is -0.808. The summed E-state index contributed by atoms with van der Waals surface area (Å²) in [6.07, 6.45) is 0.850. The van der Waals surface area contributed by atoms with Crippen LogP contribution in [0.5, 0.6) is 0 Å². The summed E-state index contributed by atoms with van der Waals surface area (Å²) in [6.45, 7) is 3.55. The average molecular weight is 242 g/mol. The predicted molar refractivity (Wildman–Crippen MR) is 60.0 cm³/mol. The lowest BCUT2D eigenvalue weighted by atomic mass is 10.1. The normalized spacial score (nSPS) is 19.1. The van der Waals surface area contributed by atoms with Crippen molar-refractivity contribution in [2.45, 2.75) is 38.8 Å². The molecule has 0 aromatic carbocycles. The summed E-state index contributed by atoms with van der Waals surface area (Å²) in [5.41, 5.74) is 0. The molecule has 0 unspecified atom stereocenters. The number of nitrogens with zero attached hydrogens (tertiary/aromatic N) is 1. The molecule has 6 heteroatoms. The summed E-state index contributed by atoms with van der Waals surface area (Å²) >= 11 is 0. The molecule has 1 N–H and O–H groups in total. The zero-order chi connectivity index (χ0) is 13.0. The van der Waals surface area contributed by atoms with Gasteiger partial charge in [-0.15, -0.1) is 0 Å². The van der Waals surface area contributed by atoms with Gasteiger partial charge in [0.2, 0.25) is 11.8 Å². The molecule has 0 aromatic heterocycles. The van der Waals surface area contributed by atoms with E-state index in [1.54, 1.807) is 0 Å². The number of ether oxygens (including phenoxy) is 1. The highest BCUT2D eigenvalue weighted by atomic mass is 16.5. The third-order valence-corrected chi connectivity index (χ3v) is 2.73. The van der Waals surface area contributed by atoms with Gasteiger partial charge in [-0.1, -0.05) is 0 Å². The van der Waals surface area contributed by atoms with Crippen LogP contribution in [0.3, 0.4) is 0 Å². The van der Waals surface area contributed by atoms with E-state index >= 15 is 0 Å². The van der Waals surface area contributed by atoms with Crippen LogP contribution in [-0.2, 0) is 19.1 Å². The number of esters is 1. The van der Waals surface area contributed by atoms with Gasteiger partial charge in [0.05, 0.1) is 7.11 Å². The zero-order valence-corrected chi connectivity index (χ0v) is 10.4. The van der Waals surface area contributed by atoms with Gasteiger partial charge in [0.1, 0.15) is 12.6 Å². The Bertz CT molecular complexity index is 327. The molecule has 0 aromatic rings. The third kappa shape index (κ3) is 3.44. The van der Waals surface area contributed by atoms with E-state index in [4.69, 9.17) is 0 Å². The fraction of sp³-hybridized carbons (Fsp3) is 0.727. The summed E-state index contributed by atoms with van der Waals surface area (Å²) in [6, 6.07) is -0.617. The second-order valence-corrected chi connectivity index (χ2v) is 4.29. The minimum Gasteiger partial charge on any atom is -0.468 e. The number of methoxy groups -OCH3 is 1. The molecular formula is C11H18N2O4. The first kappa shape index (κ1) is 13.5. The average Bonchev–Trinajstić information content (AvgIpc) is 2.71. The molecule has 0 spiro atoms. The highest BCUT2D eigenvalue weighted by Crippen LogP contribution is 2.12. The molecule has 17 heavy (non-hydrogen) atoms. The van der Waals surface area contributed by atoms with Crippen LogP contribution in [0.15, 0.2) is 0 Å². The van der Waals surface area contributed by atoms with Gasteiger partial charge in [-0.25, -0.2) is 0 Å². The van der Waals surface area contributed by atoms with Crippen LogP contribution < -0.4 is 5.32 Å². The summed E-state index contributed by atoms with van der Waals surface area (Å²) < 4.78 is 4.54. The van der Waals surface area contributed by atoms with Gasteiger partial charge in [-0.2, -0.15) is 0 Å². The smallest absolute Gasteiger partial charge is 0.325 e. The van der Waals surface area contributed by atoms with Crippen molar-refractivity contribution in [1.82, 2.24) is 10.2 Å². The fourth-order valence-electron chi connectivity index (χ4n) is 1.72. The fourth-order valence-corrected chi connectivity index (χ4v) is 1.72. The molecular weight excluding hydrogens is 224 g/mol. The van der Waals surface area contributed by atoms with Crippen LogP contribution in [0.1, 0.15) is 26.7 Å². The van der Waals surface area contributed by atoms with Crippen molar-refractivity contribution in [1.29, 1.82) is 0 Å². The van der Waals surface area contributed by atoms with Crippen molar-refractivity contribution in [2.24, 2.45) is 0 Å². The van der Waals surface area contributed by atoms with Crippen molar-refractivity contribution in [3.63, 3.8) is 0 Å². The standard InChI is InChI=1S/C11H18N2O4/c1-7(2)13(6-10(15)17-3)11(16)8-4-5-9(14)12-8/h7-8H,4-6H2,1-3H3,(H,12,14)/t8-/m1/s1. The molecule has 1 fully saturated rings. The van der Waals surface area contributed by atoms with Gasteiger partial charge in [-0.3, -0.25) is 14.4 Å². The molecule has 2 amide bonds. The van der Waals surface area contributed by atoms with Crippen LogP contribution in [0.2, 0.25) is 0 Å². The maximum Gasteiger partial charge on any atom is 0.325 e. The van der Waals surface area contributed by atoms with Crippen LogP contribution in [0.25, 0.3) is 0 Å². The molecule has 1 saturated heterocycles. The van der Waals surface area contributed by atoms with Crippen molar-refractivity contribution < 1.29 is 19.1 Å². The molecule has 0 aliphatic carbocycles. The lowest BCUT2D eigenvalue weighted by molar-refractivity contribution is -0.149. The molecule has 0 radical (unpaired) electrons. The van der Waals surface area contributed by atoms with Crippen molar-refractivity contribution in [3.05, 3.63) is 0 Å². The Morgan fingerprint density at radius 2 is 2.18 bits per heavy atom. The maximum absolute atomic E-state index is 12.1. The van der Waals surface area contributed by atoms with Gasteiger partial charge in [0.15, 0.2) is 0 Å². The number of hydrogen-bond donors (Lipinski definition) is 1. The molecule has 1 aliphatic rings. The first-order chi connectivity index (χ1) is 7.95. The Morgan fingerprint density at radius 1 is 1.53 bits per heavy atom. The number of carbonyl (C=O) groups excluding carboxylic acids is 3. The quantitative estimate of drug-likeness (QED) is 0.685. The van der Waals surface area contributed by atoms with E-state index in [1.165, 1.54) is 12.0 Å². The predicted octanol–water partition coefficient (Wildman–Crippen LogP) is -0.325. The van der Waals surface area contributed by atoms with E-state index < -0.39 is 12.0 Å². The largest absolute Gasteiger partial charge is 0.468 e. The van der Waals surface area contributed by atoms with Gasteiger partial charge >= 0.3 is 5.97 Å². The SMILES string of the molecule is COC(=O)CN(C(=O)[C@H]1CCC(=O)N1)C(C)C. The monoisotopic (exact) mass is 242 g/mol. The Kier molecular flexibility index (Phi) is 4.48. The lowest BCUT2D eigenvalue weighted by Crippen LogP contribution is -2.49. The second-order valence-electron chi connectivity index (χ2n) is 4.29. The number of carbonyl (C=O) groups is 3. The third-order valence-electron chi connectivity index (χ3n) is 2.73. The van der Waals surface area contributed by atoms with E-state index in [2.05, 4.69) is 10.1 Å². The molecule has 1 heterocycles. The minimum absolute atomic E-state index is 0.0840. The maximum atomic E-state index is 12.1. The molecule has 96 valence electrons. The Balaban J connectivity index is 2.67. The summed E-state index contributed by atoms with van der Waals surface area (Å²) in [5, 5.41) is 2.60. The van der Waals surface area contributed by atoms with Crippen molar-refractivity contribution in [3.8, 4) is 0 Å². The minimum atomic E-state index is -0.505. The van der Waals surface area contributed by atoms with Gasteiger partial charge in [-0.05, 0) is 20.3 Å². The van der Waals surface area contributed by atoms with E-state index in [0.29, 0.717) is 12.8 Å². The van der Waals surface area contributed by atoms with Crippen LogP contribution in [-0.4, -0.2) is 48.4 Å². The molecule has 0 bridgehead atoms. The van der Waals surface area contributed by atoms with E-state index in [0.717, 1.165) is 0 Å². The lowest BCUT2D eigenvalue weighted by Gasteiger charge is -2.28. The Hall–Kier alpha value is -1.59. The second kappa shape index (κ2) is 5.65. The molecule has 1 aliphatic heterocycles. The number of hydrogen-bond acceptors (Lipinski definition) is 4. The van der Waals surface area contributed by atoms with Crippen LogP contribution in [0.4, 0.5) is 0 Å². The number of nitrogens with one attached hydrogen (secondary N) is 1. The zero-order valence-electron chi connectivity index (χ0n) is 10.4. The Morgan fingerprint density at radius 3 is 2.59 bits per heavy atom. The molecule has 6 nitrogen and oxygen atoms in total. The number of amides is 2. The van der Waals surface area contributed by atoms with Crippen molar-refractivity contribution >= 4 is 17.8 Å². The van der Waals surface area contributed by atoms with E-state index in [-0.39, 0.29) is 24.4 Å². The topological polar surface area (TPSA) is 75.7 Å². The van der Waals surface area contributed by atoms with E-state index in [9.17, 15) is 14.4 Å². The van der Waals surface area contributed by atoms with E-state index in [1.807, 2.05) is 13.8 Å². The highest BCUT2D eigenvalue weighted by Gasteiger charge is 2.32. The van der Waals surface area contributed by atoms with Crippen molar-refractivity contribution in [2.75, 3.05) is 13.7 Å². The van der Waals surface area contributed by atoms with Gasteiger partial charge in [0.25, 0.3) is 0 Å². The van der Waals surface area contributed by atoms with Gasteiger partial charge < -0.3 is 15.0 Å². The first-order valence-corrected chi connectivity index (χ1v) is 5.62. The summed E-state index contributed by atoms with van der Waals surface area (Å²) in [7, 11) is 1.28. The molecule has 1 atom stereocenters. The highest BCUT2D eigenvalue weighted by molar-refractivity contribution is 5.92. The molecule has 1 rings (SSSR count). The molecule has 0 saturated carbocycles. The Labute approximate surface area is 100 Å².